The largest absolute Gasteiger partial charge is 0.298 e. The molecule has 0 heterocycles. The van der Waals surface area contributed by atoms with Crippen molar-refractivity contribution >= 4 is 12.1 Å². The van der Waals surface area contributed by atoms with Gasteiger partial charge in [-0.1, -0.05) is 30.3 Å². The first kappa shape index (κ1) is 9.84. The minimum absolute atomic E-state index is 0.139. The van der Waals surface area contributed by atoms with Crippen LogP contribution in [0.5, 0.6) is 0 Å². The summed E-state index contributed by atoms with van der Waals surface area (Å²) in [5, 5.41) is 0. The molecule has 1 aliphatic rings. The molecule has 15 heavy (non-hydrogen) atoms. The fraction of sp³-hybridized carbons (Fsp3) is 0.231. The Morgan fingerprint density at radius 3 is 2.80 bits per heavy atom. The third-order valence-corrected chi connectivity index (χ3v) is 2.67. The molecule has 0 N–H and O–H groups in total. The maximum atomic E-state index is 11.9. The quantitative estimate of drug-likeness (QED) is 0.515. The molecular weight excluding hydrogens is 188 g/mol. The zero-order chi connectivity index (χ0) is 10.7. The Kier molecular flexibility index (Phi) is 2.77. The van der Waals surface area contributed by atoms with Gasteiger partial charge in [0.15, 0.2) is 12.1 Å². The van der Waals surface area contributed by atoms with Gasteiger partial charge in [0.25, 0.3) is 0 Å². The molecule has 2 nitrogen and oxygen atoms in total. The second-order valence-corrected chi connectivity index (χ2v) is 3.66. The molecule has 1 aliphatic carbocycles. The van der Waals surface area contributed by atoms with Gasteiger partial charge in [-0.2, -0.15) is 0 Å². The van der Waals surface area contributed by atoms with Gasteiger partial charge in [0.05, 0.1) is 5.57 Å². The Balaban J connectivity index is 2.50. The molecule has 0 aromatic heterocycles. The maximum absolute atomic E-state index is 11.9. The van der Waals surface area contributed by atoms with Gasteiger partial charge >= 0.3 is 0 Å². The van der Waals surface area contributed by atoms with Crippen LogP contribution in [0.2, 0.25) is 0 Å². The second kappa shape index (κ2) is 4.22. The lowest BCUT2D eigenvalue weighted by atomic mass is 9.92. The molecule has 0 radical (unpaired) electrons. The number of fused-ring (bicyclic) bond motifs is 1. The third kappa shape index (κ3) is 1.89. The molecule has 1 aromatic carbocycles. The number of Topliss-reactive ketones (excluding diaryl/α,β-unsaturated/α-hetero) is 1. The number of ketones is 1. The Labute approximate surface area is 88.6 Å². The average Bonchev–Trinajstić information content (AvgIpc) is 2.27. The highest BCUT2D eigenvalue weighted by atomic mass is 16.1. The minimum atomic E-state index is -0.139. The van der Waals surface area contributed by atoms with Gasteiger partial charge in [-0.25, -0.2) is 0 Å². The average molecular weight is 200 g/mol. The molecule has 0 amide bonds. The first-order valence-corrected chi connectivity index (χ1v) is 5.11. The second-order valence-electron chi connectivity index (χ2n) is 3.66. The summed E-state index contributed by atoms with van der Waals surface area (Å²) in [5.74, 6) is -0.139. The molecule has 1 aromatic rings. The number of benzene rings is 1. The van der Waals surface area contributed by atoms with Crippen molar-refractivity contribution in [2.75, 3.05) is 0 Å². The third-order valence-electron chi connectivity index (χ3n) is 2.67. The molecule has 0 saturated heterocycles. The zero-order valence-corrected chi connectivity index (χ0v) is 8.40. The van der Waals surface area contributed by atoms with Crippen molar-refractivity contribution in [3.63, 3.8) is 0 Å². The number of carbonyl (C=O) groups excluding carboxylic acids is 2. The van der Waals surface area contributed by atoms with E-state index in [-0.39, 0.29) is 5.78 Å². The van der Waals surface area contributed by atoms with Crippen LogP contribution in [0.3, 0.4) is 0 Å². The first-order valence-electron chi connectivity index (χ1n) is 5.11. The highest BCUT2D eigenvalue weighted by Crippen LogP contribution is 2.19. The number of hydrogen-bond acceptors (Lipinski definition) is 2. The molecule has 0 saturated carbocycles. The smallest absolute Gasteiger partial charge is 0.196 e. The Morgan fingerprint density at radius 1 is 1.20 bits per heavy atom. The summed E-state index contributed by atoms with van der Waals surface area (Å²) in [6.45, 7) is 0. The molecule has 0 unspecified atom stereocenters. The zero-order valence-electron chi connectivity index (χ0n) is 8.40. The predicted molar refractivity (Wildman–Crippen MR) is 57.9 cm³/mol. The van der Waals surface area contributed by atoms with Crippen LogP contribution in [0.4, 0.5) is 0 Å². The van der Waals surface area contributed by atoms with E-state index in [1.807, 2.05) is 18.2 Å². The SMILES string of the molecule is O=CC1=CCCCc2ccccc2C1=O. The molecule has 0 bridgehead atoms. The van der Waals surface area contributed by atoms with E-state index < -0.39 is 0 Å². The standard InChI is InChI=1S/C13H12O2/c14-9-11-7-2-1-5-10-6-3-4-8-12(10)13(11)15/h3-4,6-9H,1-2,5H2. The molecule has 0 atom stereocenters. The number of aldehydes is 1. The van der Waals surface area contributed by atoms with E-state index in [9.17, 15) is 9.59 Å². The number of allylic oxidation sites excluding steroid dienone is 2. The summed E-state index contributed by atoms with van der Waals surface area (Å²) in [5.41, 5.74) is 2.02. The van der Waals surface area contributed by atoms with E-state index in [0.717, 1.165) is 24.8 Å². The highest BCUT2D eigenvalue weighted by molar-refractivity contribution is 6.20. The Bertz CT molecular complexity index is 430. The van der Waals surface area contributed by atoms with Gasteiger partial charge in [-0.05, 0) is 24.8 Å². The number of aryl methyl sites for hydroxylation is 1. The summed E-state index contributed by atoms with van der Waals surface area (Å²) in [7, 11) is 0. The summed E-state index contributed by atoms with van der Waals surface area (Å²) >= 11 is 0. The van der Waals surface area contributed by atoms with Crippen LogP contribution in [0, 0.1) is 0 Å². The van der Waals surface area contributed by atoms with E-state index >= 15 is 0 Å². The molecule has 2 heteroatoms. The van der Waals surface area contributed by atoms with Gasteiger partial charge in [-0.15, -0.1) is 0 Å². The lowest BCUT2D eigenvalue weighted by Crippen LogP contribution is -2.10. The van der Waals surface area contributed by atoms with Gasteiger partial charge in [0.1, 0.15) is 0 Å². The molecule has 0 spiro atoms. The van der Waals surface area contributed by atoms with E-state index in [1.165, 1.54) is 0 Å². The monoisotopic (exact) mass is 200 g/mol. The lowest BCUT2D eigenvalue weighted by Gasteiger charge is -2.10. The van der Waals surface area contributed by atoms with Crippen LogP contribution in [0.1, 0.15) is 28.8 Å². The van der Waals surface area contributed by atoms with Crippen molar-refractivity contribution in [3.05, 3.63) is 47.0 Å². The van der Waals surface area contributed by atoms with Gasteiger partial charge in [-0.3, -0.25) is 9.59 Å². The van der Waals surface area contributed by atoms with Crippen molar-refractivity contribution in [1.82, 2.24) is 0 Å². The topological polar surface area (TPSA) is 34.1 Å². The summed E-state index contributed by atoms with van der Waals surface area (Å²) < 4.78 is 0. The van der Waals surface area contributed by atoms with Crippen LogP contribution in [-0.2, 0) is 11.2 Å². The van der Waals surface area contributed by atoms with Crippen molar-refractivity contribution < 1.29 is 9.59 Å². The molecule has 0 fully saturated rings. The van der Waals surface area contributed by atoms with Crippen LogP contribution >= 0.6 is 0 Å². The van der Waals surface area contributed by atoms with E-state index in [1.54, 1.807) is 12.1 Å². The van der Waals surface area contributed by atoms with Crippen LogP contribution in [0.15, 0.2) is 35.9 Å². The minimum Gasteiger partial charge on any atom is -0.298 e. The number of rotatable bonds is 1. The van der Waals surface area contributed by atoms with Crippen molar-refractivity contribution in [2.45, 2.75) is 19.3 Å². The van der Waals surface area contributed by atoms with Crippen molar-refractivity contribution in [2.24, 2.45) is 0 Å². The maximum Gasteiger partial charge on any atom is 0.196 e. The summed E-state index contributed by atoms with van der Waals surface area (Å²) in [4.78, 5) is 22.7. The van der Waals surface area contributed by atoms with Gasteiger partial charge in [0.2, 0.25) is 0 Å². The van der Waals surface area contributed by atoms with E-state index in [2.05, 4.69) is 0 Å². The fourth-order valence-corrected chi connectivity index (χ4v) is 1.86. The lowest BCUT2D eigenvalue weighted by molar-refractivity contribution is -0.104. The fourth-order valence-electron chi connectivity index (χ4n) is 1.86. The van der Waals surface area contributed by atoms with Gasteiger partial charge in [0, 0.05) is 5.56 Å². The summed E-state index contributed by atoms with van der Waals surface area (Å²) in [6.07, 6.45) is 5.09. The summed E-state index contributed by atoms with van der Waals surface area (Å²) in [6, 6.07) is 7.51. The van der Waals surface area contributed by atoms with Gasteiger partial charge < -0.3 is 0 Å². The van der Waals surface area contributed by atoms with Crippen molar-refractivity contribution in [1.29, 1.82) is 0 Å². The van der Waals surface area contributed by atoms with Crippen molar-refractivity contribution in [3.8, 4) is 0 Å². The van der Waals surface area contributed by atoms with E-state index in [0.29, 0.717) is 17.4 Å². The van der Waals surface area contributed by atoms with Crippen LogP contribution in [-0.4, -0.2) is 12.1 Å². The molecule has 76 valence electrons. The molecule has 0 aliphatic heterocycles. The Hall–Kier alpha value is -1.70. The predicted octanol–water partition coefficient (Wildman–Crippen LogP) is 2.33. The highest BCUT2D eigenvalue weighted by Gasteiger charge is 2.16. The number of hydrogen-bond donors (Lipinski definition) is 0. The Morgan fingerprint density at radius 2 is 2.00 bits per heavy atom. The van der Waals surface area contributed by atoms with Crippen LogP contribution < -0.4 is 0 Å². The molecular formula is C13H12O2. The first-order chi connectivity index (χ1) is 7.33. The van der Waals surface area contributed by atoms with E-state index in [4.69, 9.17) is 0 Å². The molecule has 2 rings (SSSR count). The normalized spacial score (nSPS) is 16.0. The number of carbonyl (C=O) groups is 2. The van der Waals surface area contributed by atoms with Crippen LogP contribution in [0.25, 0.3) is 0 Å².